The molecule has 2 rings (SSSR count). The van der Waals surface area contributed by atoms with E-state index in [0.717, 1.165) is 26.2 Å². The summed E-state index contributed by atoms with van der Waals surface area (Å²) in [6.45, 7) is 3.14. The lowest BCUT2D eigenvalue weighted by Gasteiger charge is -2.33. The minimum atomic E-state index is -0.521. The first-order valence-corrected chi connectivity index (χ1v) is 6.00. The van der Waals surface area contributed by atoms with E-state index < -0.39 is 6.04 Å². The SMILES string of the molecule is COC(=O)C(c1cccc(F)c1)N1CCNCC1. The van der Waals surface area contributed by atoms with E-state index in [1.807, 2.05) is 4.90 Å². The van der Waals surface area contributed by atoms with Gasteiger partial charge in [-0.3, -0.25) is 4.90 Å². The molecule has 1 fully saturated rings. The van der Waals surface area contributed by atoms with Crippen LogP contribution in [0.4, 0.5) is 4.39 Å². The fourth-order valence-corrected chi connectivity index (χ4v) is 2.22. The van der Waals surface area contributed by atoms with Gasteiger partial charge in [-0.15, -0.1) is 0 Å². The minimum absolute atomic E-state index is 0.337. The van der Waals surface area contributed by atoms with Crippen LogP contribution in [0.5, 0.6) is 0 Å². The Bertz CT molecular complexity index is 419. The summed E-state index contributed by atoms with van der Waals surface area (Å²) < 4.78 is 18.1. The molecule has 1 aliphatic rings. The molecule has 1 unspecified atom stereocenters. The van der Waals surface area contributed by atoms with Gasteiger partial charge >= 0.3 is 5.97 Å². The third-order valence-electron chi connectivity index (χ3n) is 3.11. The van der Waals surface area contributed by atoms with Crippen LogP contribution in [0.2, 0.25) is 0 Å². The number of esters is 1. The largest absolute Gasteiger partial charge is 0.468 e. The van der Waals surface area contributed by atoms with E-state index in [2.05, 4.69) is 5.32 Å². The second-order valence-corrected chi connectivity index (χ2v) is 4.27. The molecule has 0 amide bonds. The molecule has 1 atom stereocenters. The zero-order valence-corrected chi connectivity index (χ0v) is 10.4. The summed E-state index contributed by atoms with van der Waals surface area (Å²) in [6, 6.07) is 5.61. The first kappa shape index (κ1) is 13.0. The Labute approximate surface area is 106 Å². The minimum Gasteiger partial charge on any atom is -0.468 e. The summed E-state index contributed by atoms with van der Waals surface area (Å²) in [5.41, 5.74) is 0.642. The van der Waals surface area contributed by atoms with Crippen LogP contribution in [0, 0.1) is 5.82 Å². The van der Waals surface area contributed by atoms with Gasteiger partial charge in [0.25, 0.3) is 0 Å². The Hall–Kier alpha value is -1.46. The Kier molecular flexibility index (Phi) is 4.28. The fourth-order valence-electron chi connectivity index (χ4n) is 2.22. The van der Waals surface area contributed by atoms with Gasteiger partial charge < -0.3 is 10.1 Å². The number of hydrogen-bond donors (Lipinski definition) is 1. The van der Waals surface area contributed by atoms with Gasteiger partial charge in [-0.2, -0.15) is 0 Å². The molecule has 1 N–H and O–H groups in total. The maximum atomic E-state index is 13.3. The van der Waals surface area contributed by atoms with Crippen LogP contribution in [0.3, 0.4) is 0 Å². The maximum absolute atomic E-state index is 13.3. The van der Waals surface area contributed by atoms with Gasteiger partial charge in [-0.05, 0) is 17.7 Å². The molecule has 18 heavy (non-hydrogen) atoms. The van der Waals surface area contributed by atoms with E-state index >= 15 is 0 Å². The molecular weight excluding hydrogens is 235 g/mol. The highest BCUT2D eigenvalue weighted by Crippen LogP contribution is 2.23. The highest BCUT2D eigenvalue weighted by Gasteiger charge is 2.29. The monoisotopic (exact) mass is 252 g/mol. The first-order chi connectivity index (χ1) is 8.72. The highest BCUT2D eigenvalue weighted by molar-refractivity contribution is 5.77. The van der Waals surface area contributed by atoms with E-state index in [1.54, 1.807) is 12.1 Å². The summed E-state index contributed by atoms with van der Waals surface area (Å²) in [4.78, 5) is 13.9. The third-order valence-corrected chi connectivity index (χ3v) is 3.11. The van der Waals surface area contributed by atoms with Crippen molar-refractivity contribution < 1.29 is 13.9 Å². The van der Waals surface area contributed by atoms with Crippen molar-refractivity contribution in [1.29, 1.82) is 0 Å². The van der Waals surface area contributed by atoms with Gasteiger partial charge in [0, 0.05) is 26.2 Å². The van der Waals surface area contributed by atoms with Crippen LogP contribution >= 0.6 is 0 Å². The summed E-state index contributed by atoms with van der Waals surface area (Å²) in [5.74, 6) is -0.681. The molecule has 98 valence electrons. The number of piperazine rings is 1. The normalized spacial score (nSPS) is 18.3. The highest BCUT2D eigenvalue weighted by atomic mass is 19.1. The molecule has 0 saturated carbocycles. The number of halogens is 1. The van der Waals surface area contributed by atoms with Crippen molar-refractivity contribution in [3.63, 3.8) is 0 Å². The van der Waals surface area contributed by atoms with E-state index in [1.165, 1.54) is 19.2 Å². The standard InChI is InChI=1S/C13H17FN2O2/c1-18-13(17)12(16-7-5-15-6-8-16)10-3-2-4-11(14)9-10/h2-4,9,12,15H,5-8H2,1H3. The molecule has 1 aromatic carbocycles. The van der Waals surface area contributed by atoms with Crippen molar-refractivity contribution in [2.24, 2.45) is 0 Å². The lowest BCUT2D eigenvalue weighted by atomic mass is 10.0. The Morgan fingerprint density at radius 1 is 1.44 bits per heavy atom. The smallest absolute Gasteiger partial charge is 0.327 e. The van der Waals surface area contributed by atoms with Crippen molar-refractivity contribution in [2.75, 3.05) is 33.3 Å². The quantitative estimate of drug-likeness (QED) is 0.813. The second-order valence-electron chi connectivity index (χ2n) is 4.27. The van der Waals surface area contributed by atoms with E-state index in [-0.39, 0.29) is 11.8 Å². The van der Waals surface area contributed by atoms with Gasteiger partial charge in [0.2, 0.25) is 0 Å². The predicted molar refractivity (Wildman–Crippen MR) is 65.6 cm³/mol. The van der Waals surface area contributed by atoms with E-state index in [4.69, 9.17) is 4.74 Å². The van der Waals surface area contributed by atoms with Crippen molar-refractivity contribution in [1.82, 2.24) is 10.2 Å². The number of methoxy groups -OCH3 is 1. The molecule has 4 nitrogen and oxygen atoms in total. The molecule has 1 aliphatic heterocycles. The molecule has 1 heterocycles. The number of nitrogens with one attached hydrogen (secondary N) is 1. The van der Waals surface area contributed by atoms with Gasteiger partial charge in [-0.1, -0.05) is 12.1 Å². The Morgan fingerprint density at radius 2 is 2.17 bits per heavy atom. The van der Waals surface area contributed by atoms with E-state index in [0.29, 0.717) is 5.56 Å². The van der Waals surface area contributed by atoms with Gasteiger partial charge in [0.15, 0.2) is 0 Å². The topological polar surface area (TPSA) is 41.6 Å². The zero-order chi connectivity index (χ0) is 13.0. The second kappa shape index (κ2) is 5.93. The Balaban J connectivity index is 2.26. The number of ether oxygens (including phenoxy) is 1. The van der Waals surface area contributed by atoms with Gasteiger partial charge in [0.05, 0.1) is 7.11 Å². The van der Waals surface area contributed by atoms with Crippen LogP contribution in [-0.4, -0.2) is 44.2 Å². The molecule has 0 aromatic heterocycles. The van der Waals surface area contributed by atoms with Crippen LogP contribution in [0.1, 0.15) is 11.6 Å². The summed E-state index contributed by atoms with van der Waals surface area (Å²) in [7, 11) is 1.36. The molecule has 1 saturated heterocycles. The van der Waals surface area contributed by atoms with Crippen molar-refractivity contribution >= 4 is 5.97 Å². The van der Waals surface area contributed by atoms with Crippen molar-refractivity contribution in [3.05, 3.63) is 35.6 Å². The molecule has 0 radical (unpaired) electrons. The maximum Gasteiger partial charge on any atom is 0.327 e. The predicted octanol–water partition coefficient (Wildman–Crippen LogP) is 0.945. The van der Waals surface area contributed by atoms with E-state index in [9.17, 15) is 9.18 Å². The van der Waals surface area contributed by atoms with Crippen molar-refractivity contribution in [2.45, 2.75) is 6.04 Å². The molecule has 5 heteroatoms. The number of carbonyl (C=O) groups is 1. The number of benzene rings is 1. The summed E-state index contributed by atoms with van der Waals surface area (Å²) in [6.07, 6.45) is 0. The third kappa shape index (κ3) is 2.86. The average molecular weight is 252 g/mol. The Morgan fingerprint density at radius 3 is 2.78 bits per heavy atom. The number of carbonyl (C=O) groups excluding carboxylic acids is 1. The molecular formula is C13H17FN2O2. The van der Waals surface area contributed by atoms with Crippen LogP contribution in [-0.2, 0) is 9.53 Å². The van der Waals surface area contributed by atoms with Crippen LogP contribution in [0.15, 0.2) is 24.3 Å². The summed E-state index contributed by atoms with van der Waals surface area (Å²) in [5, 5.41) is 3.22. The number of hydrogen-bond acceptors (Lipinski definition) is 4. The summed E-state index contributed by atoms with van der Waals surface area (Å²) >= 11 is 0. The van der Waals surface area contributed by atoms with Crippen molar-refractivity contribution in [3.8, 4) is 0 Å². The lowest BCUT2D eigenvalue weighted by molar-refractivity contribution is -0.147. The average Bonchev–Trinajstić information content (AvgIpc) is 2.40. The fraction of sp³-hybridized carbons (Fsp3) is 0.462. The van der Waals surface area contributed by atoms with Crippen LogP contribution in [0.25, 0.3) is 0 Å². The zero-order valence-electron chi connectivity index (χ0n) is 10.4. The number of rotatable bonds is 3. The van der Waals surface area contributed by atoms with Gasteiger partial charge in [-0.25, -0.2) is 9.18 Å². The molecule has 0 bridgehead atoms. The number of nitrogens with zero attached hydrogens (tertiary/aromatic N) is 1. The molecule has 0 spiro atoms. The lowest BCUT2D eigenvalue weighted by Crippen LogP contribution is -2.47. The van der Waals surface area contributed by atoms with Gasteiger partial charge in [0.1, 0.15) is 11.9 Å². The first-order valence-electron chi connectivity index (χ1n) is 6.00. The van der Waals surface area contributed by atoms with Crippen LogP contribution < -0.4 is 5.32 Å². The molecule has 1 aromatic rings. The molecule has 0 aliphatic carbocycles.